The molecule has 0 saturated heterocycles. The number of nitrogens with zero attached hydrogens (tertiary/aromatic N) is 1. The molecule has 2 saturated carbocycles. The molecule has 2 aliphatic rings. The molecule has 0 amide bonds. The van der Waals surface area contributed by atoms with Crippen LogP contribution in [-0.4, -0.2) is 0 Å². The van der Waals surface area contributed by atoms with Crippen molar-refractivity contribution in [1.29, 1.82) is 5.26 Å². The van der Waals surface area contributed by atoms with Gasteiger partial charge in [-0.2, -0.15) is 5.26 Å². The Morgan fingerprint density at radius 1 is 1.21 bits per heavy atom. The van der Waals surface area contributed by atoms with Crippen LogP contribution >= 0.6 is 0 Å². The van der Waals surface area contributed by atoms with Gasteiger partial charge in [-0.1, -0.05) is 13.8 Å². The van der Waals surface area contributed by atoms with E-state index in [1.54, 1.807) is 0 Å². The fourth-order valence-corrected chi connectivity index (χ4v) is 3.52. The number of nitriles is 1. The van der Waals surface area contributed by atoms with Gasteiger partial charge in [0, 0.05) is 0 Å². The zero-order chi connectivity index (χ0) is 10.4. The fourth-order valence-electron chi connectivity index (χ4n) is 3.52. The number of hydrogen-bond acceptors (Lipinski definition) is 1. The third kappa shape index (κ3) is 1.56. The second-order valence-corrected chi connectivity index (χ2v) is 6.41. The van der Waals surface area contributed by atoms with Crippen LogP contribution in [0.4, 0.5) is 0 Å². The van der Waals surface area contributed by atoms with Crippen molar-refractivity contribution >= 4 is 0 Å². The van der Waals surface area contributed by atoms with Gasteiger partial charge in [0.2, 0.25) is 0 Å². The predicted molar refractivity (Wildman–Crippen MR) is 57.6 cm³/mol. The first-order chi connectivity index (χ1) is 6.45. The summed E-state index contributed by atoms with van der Waals surface area (Å²) in [4.78, 5) is 0. The lowest BCUT2D eigenvalue weighted by Crippen LogP contribution is -2.41. The van der Waals surface area contributed by atoms with Crippen LogP contribution in [0.1, 0.15) is 52.9 Å². The van der Waals surface area contributed by atoms with Gasteiger partial charge in [-0.15, -0.1) is 0 Å². The lowest BCUT2D eigenvalue weighted by Gasteiger charge is -2.50. The standard InChI is InChI=1S/C13H21N/c1-12(2)5-4-10-6-11(12)8-13(3,7-10)9-14/h10-11H,4-8H2,1-3H3. The van der Waals surface area contributed by atoms with E-state index in [2.05, 4.69) is 26.8 Å². The average molecular weight is 191 g/mol. The molecule has 1 nitrogen and oxygen atoms in total. The van der Waals surface area contributed by atoms with Crippen LogP contribution in [0.5, 0.6) is 0 Å². The van der Waals surface area contributed by atoms with Crippen LogP contribution in [0.15, 0.2) is 0 Å². The highest BCUT2D eigenvalue weighted by molar-refractivity contribution is 5.05. The van der Waals surface area contributed by atoms with E-state index in [0.29, 0.717) is 5.41 Å². The maximum Gasteiger partial charge on any atom is 0.0687 e. The number of rotatable bonds is 0. The highest BCUT2D eigenvalue weighted by Crippen LogP contribution is 2.55. The molecule has 0 aromatic rings. The maximum absolute atomic E-state index is 9.23. The summed E-state index contributed by atoms with van der Waals surface area (Å²) in [5.74, 6) is 1.63. The second-order valence-electron chi connectivity index (χ2n) is 6.41. The topological polar surface area (TPSA) is 23.8 Å². The van der Waals surface area contributed by atoms with Crippen molar-refractivity contribution in [3.8, 4) is 6.07 Å². The first kappa shape index (κ1) is 10.0. The van der Waals surface area contributed by atoms with E-state index >= 15 is 0 Å². The van der Waals surface area contributed by atoms with E-state index in [0.717, 1.165) is 24.7 Å². The lowest BCUT2D eigenvalue weighted by atomic mass is 9.54. The minimum absolute atomic E-state index is 0.0225. The Balaban J connectivity index is 2.20. The Hall–Kier alpha value is -0.510. The molecule has 0 radical (unpaired) electrons. The Labute approximate surface area is 87.5 Å². The van der Waals surface area contributed by atoms with E-state index in [-0.39, 0.29) is 5.41 Å². The summed E-state index contributed by atoms with van der Waals surface area (Å²) in [7, 11) is 0. The van der Waals surface area contributed by atoms with Crippen molar-refractivity contribution in [1.82, 2.24) is 0 Å². The fraction of sp³-hybridized carbons (Fsp3) is 0.923. The summed E-state index contributed by atoms with van der Waals surface area (Å²) >= 11 is 0. The Kier molecular flexibility index (Phi) is 2.14. The molecule has 1 heteroatoms. The van der Waals surface area contributed by atoms with Crippen LogP contribution in [0, 0.1) is 34.0 Å². The van der Waals surface area contributed by atoms with E-state index in [4.69, 9.17) is 0 Å². The molecule has 0 aliphatic heterocycles. The summed E-state index contributed by atoms with van der Waals surface area (Å²) in [5.41, 5.74) is 0.459. The van der Waals surface area contributed by atoms with Gasteiger partial charge in [0.05, 0.1) is 11.5 Å². The van der Waals surface area contributed by atoms with Gasteiger partial charge in [-0.25, -0.2) is 0 Å². The molecule has 0 N–H and O–H groups in total. The normalized spacial score (nSPS) is 45.6. The molecule has 0 heterocycles. The molecule has 3 unspecified atom stereocenters. The van der Waals surface area contributed by atoms with Gasteiger partial charge in [-0.05, 0) is 56.3 Å². The maximum atomic E-state index is 9.23. The summed E-state index contributed by atoms with van der Waals surface area (Å²) in [6, 6.07) is 2.55. The molecule has 14 heavy (non-hydrogen) atoms. The van der Waals surface area contributed by atoms with Crippen molar-refractivity contribution in [2.45, 2.75) is 52.9 Å². The van der Waals surface area contributed by atoms with Gasteiger partial charge in [0.25, 0.3) is 0 Å². The van der Waals surface area contributed by atoms with Gasteiger partial charge < -0.3 is 0 Å². The Morgan fingerprint density at radius 3 is 2.57 bits per heavy atom. The van der Waals surface area contributed by atoms with Crippen molar-refractivity contribution < 1.29 is 0 Å². The monoisotopic (exact) mass is 191 g/mol. The van der Waals surface area contributed by atoms with Gasteiger partial charge in [-0.3, -0.25) is 0 Å². The van der Waals surface area contributed by atoms with Crippen LogP contribution in [0.25, 0.3) is 0 Å². The summed E-state index contributed by atoms with van der Waals surface area (Å²) in [5, 5.41) is 9.23. The minimum Gasteiger partial charge on any atom is -0.198 e. The molecule has 2 fully saturated rings. The Morgan fingerprint density at radius 2 is 1.93 bits per heavy atom. The predicted octanol–water partition coefficient (Wildman–Crippen LogP) is 3.75. The zero-order valence-corrected chi connectivity index (χ0v) is 9.64. The van der Waals surface area contributed by atoms with E-state index in [1.807, 2.05) is 0 Å². The van der Waals surface area contributed by atoms with Crippen molar-refractivity contribution in [2.24, 2.45) is 22.7 Å². The molecule has 0 aromatic carbocycles. The summed E-state index contributed by atoms with van der Waals surface area (Å²) < 4.78 is 0. The number of fused-ring (bicyclic) bond motifs is 2. The molecule has 0 spiro atoms. The second kappa shape index (κ2) is 2.99. The van der Waals surface area contributed by atoms with Gasteiger partial charge in [0.1, 0.15) is 0 Å². The van der Waals surface area contributed by atoms with Crippen LogP contribution in [-0.2, 0) is 0 Å². The summed E-state index contributed by atoms with van der Waals surface area (Å²) in [6.45, 7) is 6.93. The van der Waals surface area contributed by atoms with Crippen molar-refractivity contribution in [2.75, 3.05) is 0 Å². The van der Waals surface area contributed by atoms with E-state index in [9.17, 15) is 5.26 Å². The van der Waals surface area contributed by atoms with Crippen molar-refractivity contribution in [3.63, 3.8) is 0 Å². The third-order valence-corrected chi connectivity index (χ3v) is 4.63. The first-order valence-corrected chi connectivity index (χ1v) is 5.86. The van der Waals surface area contributed by atoms with E-state index in [1.165, 1.54) is 19.3 Å². The molecule has 2 bridgehead atoms. The summed E-state index contributed by atoms with van der Waals surface area (Å²) in [6.07, 6.45) is 6.37. The minimum atomic E-state index is -0.0225. The number of hydrogen-bond donors (Lipinski definition) is 0. The molecule has 78 valence electrons. The molecule has 2 aliphatic carbocycles. The average Bonchev–Trinajstić information content (AvgIpc) is 2.13. The SMILES string of the molecule is CC1(C#N)CC2CCC(C)(C)C(C2)C1. The van der Waals surface area contributed by atoms with E-state index < -0.39 is 0 Å². The molecule has 3 atom stereocenters. The molecule has 2 rings (SSSR count). The molecular weight excluding hydrogens is 170 g/mol. The highest BCUT2D eigenvalue weighted by atomic mass is 14.5. The highest BCUT2D eigenvalue weighted by Gasteiger charge is 2.46. The van der Waals surface area contributed by atoms with Crippen LogP contribution in [0.3, 0.4) is 0 Å². The van der Waals surface area contributed by atoms with Gasteiger partial charge in [0.15, 0.2) is 0 Å². The third-order valence-electron chi connectivity index (χ3n) is 4.63. The molecular formula is C13H21N. The smallest absolute Gasteiger partial charge is 0.0687 e. The Bertz CT molecular complexity index is 273. The zero-order valence-electron chi connectivity index (χ0n) is 9.64. The van der Waals surface area contributed by atoms with Crippen LogP contribution < -0.4 is 0 Å². The first-order valence-electron chi connectivity index (χ1n) is 5.86. The van der Waals surface area contributed by atoms with Crippen LogP contribution in [0.2, 0.25) is 0 Å². The quantitative estimate of drug-likeness (QED) is 0.572. The molecule has 0 aromatic heterocycles. The van der Waals surface area contributed by atoms with Crippen molar-refractivity contribution in [3.05, 3.63) is 0 Å². The van der Waals surface area contributed by atoms with Gasteiger partial charge >= 0.3 is 0 Å². The largest absolute Gasteiger partial charge is 0.198 e. The lowest BCUT2D eigenvalue weighted by molar-refractivity contribution is 0.0108.